The average Bonchev–Trinajstić information content (AvgIpc) is 2.84. The number of aryl methyl sites for hydroxylation is 2. The first-order chi connectivity index (χ1) is 8.11. The summed E-state index contributed by atoms with van der Waals surface area (Å²) in [6.45, 7) is 6.01. The van der Waals surface area contributed by atoms with Gasteiger partial charge in [-0.1, -0.05) is 20.8 Å². The number of aromatic amines is 1. The lowest BCUT2D eigenvalue weighted by atomic mass is 10.3. The van der Waals surface area contributed by atoms with Gasteiger partial charge in [-0.25, -0.2) is 4.98 Å². The van der Waals surface area contributed by atoms with Crippen LogP contribution in [0.25, 0.3) is 11.5 Å². The maximum Gasteiger partial charge on any atom is 0.162 e. The van der Waals surface area contributed by atoms with Crippen molar-refractivity contribution in [2.45, 2.75) is 27.2 Å². The summed E-state index contributed by atoms with van der Waals surface area (Å²) in [4.78, 5) is 7.30. The van der Waals surface area contributed by atoms with Crippen LogP contribution in [0.1, 0.15) is 26.5 Å². The van der Waals surface area contributed by atoms with Crippen LogP contribution in [0.5, 0.6) is 0 Å². The first-order valence-electron chi connectivity index (χ1n) is 5.75. The van der Waals surface area contributed by atoms with E-state index in [1.807, 2.05) is 27.8 Å². The van der Waals surface area contributed by atoms with Crippen molar-refractivity contribution < 1.29 is 0 Å². The van der Waals surface area contributed by atoms with E-state index in [9.17, 15) is 0 Å². The van der Waals surface area contributed by atoms with E-state index in [1.54, 1.807) is 10.9 Å². The Hall–Kier alpha value is -1.98. The Bertz CT molecular complexity index is 482. The molecule has 2 aromatic rings. The van der Waals surface area contributed by atoms with Gasteiger partial charge in [-0.2, -0.15) is 5.10 Å². The van der Waals surface area contributed by atoms with Gasteiger partial charge in [0.15, 0.2) is 11.5 Å². The largest absolute Gasteiger partial charge is 0.396 e. The Morgan fingerprint density at radius 3 is 2.41 bits per heavy atom. The maximum atomic E-state index is 5.79. The summed E-state index contributed by atoms with van der Waals surface area (Å²) < 4.78 is 1.65. The van der Waals surface area contributed by atoms with Crippen LogP contribution in [-0.4, -0.2) is 19.7 Å². The summed E-state index contributed by atoms with van der Waals surface area (Å²) >= 11 is 0. The van der Waals surface area contributed by atoms with Gasteiger partial charge >= 0.3 is 0 Å². The molecule has 0 spiro atoms. The quantitative estimate of drug-likeness (QED) is 0.737. The fourth-order valence-electron chi connectivity index (χ4n) is 1.50. The first-order valence-corrected chi connectivity index (χ1v) is 5.75. The number of hydrogen-bond donors (Lipinski definition) is 3. The van der Waals surface area contributed by atoms with E-state index in [4.69, 9.17) is 11.5 Å². The van der Waals surface area contributed by atoms with E-state index < -0.39 is 0 Å². The van der Waals surface area contributed by atoms with Crippen LogP contribution in [0.15, 0.2) is 6.20 Å². The normalized spacial score (nSPS) is 9.88. The van der Waals surface area contributed by atoms with Crippen molar-refractivity contribution in [2.24, 2.45) is 7.05 Å². The fourth-order valence-corrected chi connectivity index (χ4v) is 1.50. The third kappa shape index (κ3) is 2.58. The highest BCUT2D eigenvalue weighted by Gasteiger charge is 2.13. The molecule has 5 N–H and O–H groups in total. The van der Waals surface area contributed by atoms with Crippen LogP contribution in [0.2, 0.25) is 0 Å². The van der Waals surface area contributed by atoms with Crippen LogP contribution in [0, 0.1) is 0 Å². The minimum atomic E-state index is 0.512. The van der Waals surface area contributed by atoms with E-state index in [0.717, 1.165) is 12.1 Å². The number of nitrogens with zero attached hydrogens (tertiary/aromatic N) is 3. The van der Waals surface area contributed by atoms with Gasteiger partial charge in [0.25, 0.3) is 0 Å². The van der Waals surface area contributed by atoms with Gasteiger partial charge in [0.1, 0.15) is 5.82 Å². The number of hydrogen-bond acceptors (Lipinski definition) is 4. The van der Waals surface area contributed by atoms with Gasteiger partial charge in [-0.05, 0) is 6.42 Å². The van der Waals surface area contributed by atoms with Gasteiger partial charge in [0.2, 0.25) is 0 Å². The predicted molar refractivity (Wildman–Crippen MR) is 70.3 cm³/mol. The highest BCUT2D eigenvalue weighted by atomic mass is 15.3. The molecule has 2 aromatic heterocycles. The number of H-pyrrole nitrogens is 1. The molecule has 0 radical (unpaired) electrons. The number of rotatable bonds is 2. The Morgan fingerprint density at radius 1 is 1.35 bits per heavy atom. The number of anilines is 2. The Morgan fingerprint density at radius 2 is 2.00 bits per heavy atom. The Balaban J connectivity index is 0.000000686. The summed E-state index contributed by atoms with van der Waals surface area (Å²) in [5.74, 6) is 1.14. The van der Waals surface area contributed by atoms with E-state index in [1.165, 1.54) is 0 Å². The number of nitrogen functional groups attached to an aromatic ring is 2. The number of nitrogens with one attached hydrogen (secondary N) is 1. The van der Waals surface area contributed by atoms with E-state index in [0.29, 0.717) is 23.0 Å². The summed E-state index contributed by atoms with van der Waals surface area (Å²) in [7, 11) is 1.81. The maximum absolute atomic E-state index is 5.79. The zero-order chi connectivity index (χ0) is 13.0. The average molecular weight is 236 g/mol. The smallest absolute Gasteiger partial charge is 0.162 e. The molecule has 0 atom stereocenters. The van der Waals surface area contributed by atoms with Crippen LogP contribution in [0.3, 0.4) is 0 Å². The minimum Gasteiger partial charge on any atom is -0.396 e. The molecule has 0 fully saturated rings. The van der Waals surface area contributed by atoms with Crippen LogP contribution in [-0.2, 0) is 13.5 Å². The van der Waals surface area contributed by atoms with Crippen molar-refractivity contribution >= 4 is 11.5 Å². The summed E-state index contributed by atoms with van der Waals surface area (Å²) in [6, 6.07) is 0. The molecular formula is C11H20N6. The van der Waals surface area contributed by atoms with Gasteiger partial charge in [0, 0.05) is 13.2 Å². The topological polar surface area (TPSA) is 98.5 Å². The third-order valence-corrected chi connectivity index (χ3v) is 2.25. The van der Waals surface area contributed by atoms with Crippen molar-refractivity contribution in [1.29, 1.82) is 0 Å². The molecule has 0 saturated heterocycles. The second-order valence-electron chi connectivity index (χ2n) is 3.41. The Labute approximate surface area is 101 Å². The molecule has 0 aromatic carbocycles. The minimum absolute atomic E-state index is 0.512. The molecule has 17 heavy (non-hydrogen) atoms. The van der Waals surface area contributed by atoms with Crippen molar-refractivity contribution in [3.63, 3.8) is 0 Å². The summed E-state index contributed by atoms with van der Waals surface area (Å²) in [5, 5.41) is 4.21. The number of nitrogens with two attached hydrogens (primary N) is 2. The molecule has 0 aliphatic rings. The Kier molecular flexibility index (Phi) is 4.14. The van der Waals surface area contributed by atoms with Gasteiger partial charge in [-0.3, -0.25) is 4.68 Å². The lowest BCUT2D eigenvalue weighted by Gasteiger charge is -1.91. The summed E-state index contributed by atoms with van der Waals surface area (Å²) in [6.07, 6.45) is 2.55. The molecule has 0 aliphatic heterocycles. The van der Waals surface area contributed by atoms with Gasteiger partial charge in [-0.15, -0.1) is 0 Å². The van der Waals surface area contributed by atoms with Crippen LogP contribution < -0.4 is 11.5 Å². The van der Waals surface area contributed by atoms with E-state index in [2.05, 4.69) is 15.1 Å². The molecule has 0 unspecified atom stereocenters. The molecule has 0 amide bonds. The molecule has 0 saturated carbocycles. The molecule has 6 heteroatoms. The second kappa shape index (κ2) is 5.38. The standard InChI is InChI=1S/C9H14N6.C2H6/c1-3-6-8(11)13-9(12-6)7-5(10)4-15(2)14-7;1-2/h4H,3,10-11H2,1-2H3,(H,12,13);1-2H3. The zero-order valence-electron chi connectivity index (χ0n) is 10.8. The van der Waals surface area contributed by atoms with Crippen molar-refractivity contribution in [3.05, 3.63) is 11.9 Å². The lowest BCUT2D eigenvalue weighted by Crippen LogP contribution is -1.90. The second-order valence-corrected chi connectivity index (χ2v) is 3.41. The molecule has 6 nitrogen and oxygen atoms in total. The SMILES string of the molecule is CC.CCc1[nH]c(-c2nn(C)cc2N)nc1N. The molecule has 94 valence electrons. The summed E-state index contributed by atoms with van der Waals surface area (Å²) in [5.41, 5.74) is 13.7. The van der Waals surface area contributed by atoms with Gasteiger partial charge in [0.05, 0.1) is 11.4 Å². The number of imidazole rings is 1. The molecule has 0 bridgehead atoms. The fraction of sp³-hybridized carbons (Fsp3) is 0.455. The molecule has 0 aliphatic carbocycles. The van der Waals surface area contributed by atoms with Gasteiger partial charge < -0.3 is 16.5 Å². The monoisotopic (exact) mass is 236 g/mol. The molecular weight excluding hydrogens is 216 g/mol. The zero-order valence-corrected chi connectivity index (χ0v) is 10.8. The van der Waals surface area contributed by atoms with Crippen LogP contribution in [0.4, 0.5) is 11.5 Å². The first kappa shape index (κ1) is 13.1. The van der Waals surface area contributed by atoms with Crippen molar-refractivity contribution in [1.82, 2.24) is 19.7 Å². The third-order valence-electron chi connectivity index (χ3n) is 2.25. The highest BCUT2D eigenvalue weighted by Crippen LogP contribution is 2.23. The van der Waals surface area contributed by atoms with E-state index >= 15 is 0 Å². The number of aromatic nitrogens is 4. The van der Waals surface area contributed by atoms with Crippen molar-refractivity contribution in [2.75, 3.05) is 11.5 Å². The molecule has 2 rings (SSSR count). The lowest BCUT2D eigenvalue weighted by molar-refractivity contribution is 0.769. The van der Waals surface area contributed by atoms with Crippen molar-refractivity contribution in [3.8, 4) is 11.5 Å². The molecule has 2 heterocycles. The predicted octanol–water partition coefficient (Wildman–Crippen LogP) is 1.56. The highest BCUT2D eigenvalue weighted by molar-refractivity contribution is 5.68. The van der Waals surface area contributed by atoms with E-state index in [-0.39, 0.29) is 0 Å². The van der Waals surface area contributed by atoms with Crippen LogP contribution >= 0.6 is 0 Å².